The number of anilines is 1. The molecule has 0 saturated carbocycles. The first kappa shape index (κ1) is 13.0. The van der Waals surface area contributed by atoms with Crippen molar-refractivity contribution in [1.82, 2.24) is 0 Å². The van der Waals surface area contributed by atoms with Gasteiger partial charge in [-0.3, -0.25) is 0 Å². The van der Waals surface area contributed by atoms with Crippen LogP contribution in [0.1, 0.15) is 25.3 Å². The van der Waals surface area contributed by atoms with Crippen LogP contribution < -0.4 is 10.6 Å². The van der Waals surface area contributed by atoms with Crippen molar-refractivity contribution in [2.45, 2.75) is 19.8 Å². The monoisotopic (exact) mass is 267 g/mol. The number of nitrogens with zero attached hydrogens (tertiary/aromatic N) is 2. The van der Waals surface area contributed by atoms with Gasteiger partial charge in [0, 0.05) is 18.7 Å². The van der Waals surface area contributed by atoms with Crippen LogP contribution in [0, 0.1) is 5.92 Å². The normalized spacial score (nSPS) is 21.1. The number of hydrogen-bond acceptors (Lipinski definition) is 3. The molecular weight excluding hydrogens is 250 g/mol. The van der Waals surface area contributed by atoms with Crippen LogP contribution in [-0.4, -0.2) is 24.1 Å². The first-order valence-corrected chi connectivity index (χ1v) is 6.52. The number of amidine groups is 1. The molecule has 1 aliphatic heterocycles. The van der Waals surface area contributed by atoms with E-state index in [9.17, 15) is 0 Å². The number of benzene rings is 1. The fraction of sp³-hybridized carbons (Fsp3) is 0.462. The molecule has 5 heteroatoms. The van der Waals surface area contributed by atoms with Gasteiger partial charge in [-0.05, 0) is 37.0 Å². The summed E-state index contributed by atoms with van der Waals surface area (Å²) in [5, 5.41) is 12.3. The Morgan fingerprint density at radius 2 is 2.33 bits per heavy atom. The molecular formula is C13H18ClN3O. The van der Waals surface area contributed by atoms with Crippen molar-refractivity contribution in [3.63, 3.8) is 0 Å². The van der Waals surface area contributed by atoms with Crippen LogP contribution in [0.25, 0.3) is 0 Å². The molecule has 1 aliphatic rings. The molecule has 3 N–H and O–H groups in total. The number of nitrogens with two attached hydrogens (primary N) is 1. The van der Waals surface area contributed by atoms with Crippen molar-refractivity contribution < 1.29 is 5.21 Å². The largest absolute Gasteiger partial charge is 0.409 e. The lowest BCUT2D eigenvalue weighted by Gasteiger charge is -2.33. The summed E-state index contributed by atoms with van der Waals surface area (Å²) in [6.07, 6.45) is 2.47. The molecule has 0 radical (unpaired) electrons. The van der Waals surface area contributed by atoms with Crippen LogP contribution in [0.2, 0.25) is 5.02 Å². The molecule has 1 saturated heterocycles. The SMILES string of the molecule is CC1CCCN(c2ccc(C(N)=NO)cc2Cl)C1. The van der Waals surface area contributed by atoms with Gasteiger partial charge < -0.3 is 15.8 Å². The Morgan fingerprint density at radius 3 is 2.94 bits per heavy atom. The predicted octanol–water partition coefficient (Wildman–Crippen LogP) is 2.67. The summed E-state index contributed by atoms with van der Waals surface area (Å²) in [6, 6.07) is 5.51. The number of halogens is 1. The first-order valence-electron chi connectivity index (χ1n) is 6.14. The minimum atomic E-state index is 0.0791. The van der Waals surface area contributed by atoms with E-state index in [4.69, 9.17) is 22.5 Å². The highest BCUT2D eigenvalue weighted by atomic mass is 35.5. The van der Waals surface area contributed by atoms with Gasteiger partial charge in [0.15, 0.2) is 5.84 Å². The summed E-state index contributed by atoms with van der Waals surface area (Å²) < 4.78 is 0. The molecule has 1 aromatic rings. The van der Waals surface area contributed by atoms with Gasteiger partial charge in [0.25, 0.3) is 0 Å². The summed E-state index contributed by atoms with van der Waals surface area (Å²) in [7, 11) is 0. The zero-order valence-corrected chi connectivity index (χ0v) is 11.2. The van der Waals surface area contributed by atoms with Crippen LogP contribution in [-0.2, 0) is 0 Å². The molecule has 0 aromatic heterocycles. The molecule has 98 valence electrons. The van der Waals surface area contributed by atoms with E-state index in [1.807, 2.05) is 12.1 Å². The van der Waals surface area contributed by atoms with Crippen LogP contribution in [0.5, 0.6) is 0 Å². The second kappa shape index (κ2) is 5.48. The maximum atomic E-state index is 8.64. The minimum Gasteiger partial charge on any atom is -0.409 e. The second-order valence-corrected chi connectivity index (χ2v) is 5.25. The van der Waals surface area contributed by atoms with Gasteiger partial charge in [0.1, 0.15) is 0 Å². The number of rotatable bonds is 2. The maximum absolute atomic E-state index is 8.64. The van der Waals surface area contributed by atoms with Crippen LogP contribution in [0.15, 0.2) is 23.4 Å². The van der Waals surface area contributed by atoms with Gasteiger partial charge in [-0.1, -0.05) is 23.7 Å². The second-order valence-electron chi connectivity index (χ2n) is 4.84. The van der Waals surface area contributed by atoms with Crippen molar-refractivity contribution in [2.75, 3.05) is 18.0 Å². The third-order valence-corrected chi connectivity index (χ3v) is 3.65. The molecule has 1 heterocycles. The molecule has 0 spiro atoms. The molecule has 0 aliphatic carbocycles. The van der Waals surface area contributed by atoms with Gasteiger partial charge >= 0.3 is 0 Å². The summed E-state index contributed by atoms with van der Waals surface area (Å²) in [6.45, 7) is 4.32. The lowest BCUT2D eigenvalue weighted by atomic mass is 9.99. The highest BCUT2D eigenvalue weighted by Gasteiger charge is 2.18. The zero-order valence-electron chi connectivity index (χ0n) is 10.4. The maximum Gasteiger partial charge on any atom is 0.170 e. The van der Waals surface area contributed by atoms with Crippen LogP contribution in [0.3, 0.4) is 0 Å². The third kappa shape index (κ3) is 2.70. The van der Waals surface area contributed by atoms with Gasteiger partial charge in [-0.15, -0.1) is 0 Å². The Balaban J connectivity index is 2.24. The van der Waals surface area contributed by atoms with Crippen LogP contribution in [0.4, 0.5) is 5.69 Å². The standard InChI is InChI=1S/C13H18ClN3O/c1-9-3-2-6-17(8-9)12-5-4-10(7-11(12)14)13(15)16-18/h4-5,7,9,18H,2-3,6,8H2,1H3,(H2,15,16). The fourth-order valence-corrected chi connectivity index (χ4v) is 2.69. The molecule has 1 fully saturated rings. The Kier molecular flexibility index (Phi) is 3.97. The van der Waals surface area contributed by atoms with Gasteiger partial charge in [-0.25, -0.2) is 0 Å². The van der Waals surface area contributed by atoms with E-state index < -0.39 is 0 Å². The molecule has 18 heavy (non-hydrogen) atoms. The van der Waals surface area contributed by atoms with E-state index in [2.05, 4.69) is 17.0 Å². The van der Waals surface area contributed by atoms with Crippen LogP contribution >= 0.6 is 11.6 Å². The molecule has 2 rings (SSSR count). The van der Waals surface area contributed by atoms with Crippen molar-refractivity contribution in [2.24, 2.45) is 16.8 Å². The van der Waals surface area contributed by atoms with Crippen molar-refractivity contribution in [1.29, 1.82) is 0 Å². The fourth-order valence-electron chi connectivity index (χ4n) is 2.39. The summed E-state index contributed by atoms with van der Waals surface area (Å²) in [4.78, 5) is 2.30. The van der Waals surface area contributed by atoms with E-state index in [0.717, 1.165) is 18.8 Å². The van der Waals surface area contributed by atoms with E-state index in [1.54, 1.807) is 6.07 Å². The molecule has 1 atom stereocenters. The lowest BCUT2D eigenvalue weighted by Crippen LogP contribution is -2.34. The third-order valence-electron chi connectivity index (χ3n) is 3.35. The highest BCUT2D eigenvalue weighted by molar-refractivity contribution is 6.33. The number of hydrogen-bond donors (Lipinski definition) is 2. The highest BCUT2D eigenvalue weighted by Crippen LogP contribution is 2.30. The quantitative estimate of drug-likeness (QED) is 0.375. The molecule has 4 nitrogen and oxygen atoms in total. The summed E-state index contributed by atoms with van der Waals surface area (Å²) in [5.74, 6) is 0.772. The number of oxime groups is 1. The van der Waals surface area contributed by atoms with Gasteiger partial charge in [0.05, 0.1) is 10.7 Å². The van der Waals surface area contributed by atoms with E-state index in [0.29, 0.717) is 16.5 Å². The first-order chi connectivity index (χ1) is 8.61. The van der Waals surface area contributed by atoms with E-state index in [1.165, 1.54) is 12.8 Å². The Bertz CT molecular complexity index is 462. The molecule has 1 unspecified atom stereocenters. The lowest BCUT2D eigenvalue weighted by molar-refractivity contribution is 0.318. The zero-order chi connectivity index (χ0) is 13.1. The van der Waals surface area contributed by atoms with Crippen molar-refractivity contribution in [3.8, 4) is 0 Å². The average molecular weight is 268 g/mol. The Labute approximate surface area is 112 Å². The topological polar surface area (TPSA) is 61.8 Å². The van der Waals surface area contributed by atoms with E-state index >= 15 is 0 Å². The predicted molar refractivity (Wildman–Crippen MR) is 74.6 cm³/mol. The Hall–Kier alpha value is -1.42. The number of piperidine rings is 1. The van der Waals surface area contributed by atoms with Crippen molar-refractivity contribution in [3.05, 3.63) is 28.8 Å². The average Bonchev–Trinajstić information content (AvgIpc) is 2.37. The molecule has 1 aromatic carbocycles. The Morgan fingerprint density at radius 1 is 1.56 bits per heavy atom. The summed E-state index contributed by atoms with van der Waals surface area (Å²) >= 11 is 6.28. The van der Waals surface area contributed by atoms with Gasteiger partial charge in [-0.2, -0.15) is 0 Å². The minimum absolute atomic E-state index is 0.0791. The van der Waals surface area contributed by atoms with Gasteiger partial charge in [0.2, 0.25) is 0 Å². The molecule has 0 amide bonds. The smallest absolute Gasteiger partial charge is 0.170 e. The van der Waals surface area contributed by atoms with E-state index in [-0.39, 0.29) is 5.84 Å². The molecule has 0 bridgehead atoms. The van der Waals surface area contributed by atoms with Crippen molar-refractivity contribution >= 4 is 23.1 Å². The summed E-state index contributed by atoms with van der Waals surface area (Å²) in [5.41, 5.74) is 7.20.